The van der Waals surface area contributed by atoms with Gasteiger partial charge in [-0.15, -0.1) is 0 Å². The molecule has 2 saturated heterocycles. The number of rotatable bonds is 20. The Morgan fingerprint density at radius 2 is 0.736 bits per heavy atom. The predicted octanol–water partition coefficient (Wildman–Crippen LogP) is 0.949. The summed E-state index contributed by atoms with van der Waals surface area (Å²) in [5.74, 6) is -8.31. The fourth-order valence-electron chi connectivity index (χ4n) is 11.2. The molecule has 2 aliphatic rings. The lowest BCUT2D eigenvalue weighted by Crippen LogP contribution is -2.62. The molecule has 91 heavy (non-hydrogen) atoms. The summed E-state index contributed by atoms with van der Waals surface area (Å²) in [6.07, 6.45) is 1.09. The van der Waals surface area contributed by atoms with Crippen LogP contribution in [0, 0.1) is 11.8 Å². The zero-order chi connectivity index (χ0) is 66.0. The maximum atomic E-state index is 15.1. The van der Waals surface area contributed by atoms with Crippen LogP contribution in [0.4, 0.5) is 0 Å². The molecule has 0 aliphatic carbocycles. The molecule has 10 atom stereocenters. The number of fused-ring (bicyclic) bond motifs is 1. The van der Waals surface area contributed by atoms with E-state index < -0.39 is 125 Å². The third kappa shape index (κ3) is 22.3. The molecule has 492 valence electrons. The van der Waals surface area contributed by atoms with Gasteiger partial charge in [-0.2, -0.15) is 0 Å². The molecule has 10 amide bonds. The van der Waals surface area contributed by atoms with Crippen molar-refractivity contribution in [2.24, 2.45) is 29.0 Å². The normalized spacial score (nSPS) is 24.2. The van der Waals surface area contributed by atoms with Gasteiger partial charge < -0.3 is 75.1 Å². The summed E-state index contributed by atoms with van der Waals surface area (Å²) in [7, 11) is 0. The summed E-state index contributed by atoms with van der Waals surface area (Å²) < 4.78 is 0. The Hall–Kier alpha value is -8.74. The Morgan fingerprint density at radius 1 is 0.407 bits per heavy atom. The van der Waals surface area contributed by atoms with Gasteiger partial charge in [0.2, 0.25) is 59.1 Å². The molecule has 4 aromatic carbocycles. The Balaban J connectivity index is 1.45. The van der Waals surface area contributed by atoms with Crippen molar-refractivity contribution in [3.8, 4) is 5.75 Å². The number of benzene rings is 4. The van der Waals surface area contributed by atoms with Crippen LogP contribution in [0.2, 0.25) is 0 Å². The van der Waals surface area contributed by atoms with E-state index in [-0.39, 0.29) is 115 Å². The third-order valence-corrected chi connectivity index (χ3v) is 16.2. The molecule has 0 radical (unpaired) electrons. The second-order valence-electron chi connectivity index (χ2n) is 24.3. The summed E-state index contributed by atoms with van der Waals surface area (Å²) >= 11 is 0. The highest BCUT2D eigenvalue weighted by Gasteiger charge is 2.41. The minimum absolute atomic E-state index is 0.0108. The molecule has 0 aromatic heterocycles. The zero-order valence-corrected chi connectivity index (χ0v) is 52.6. The Bertz CT molecular complexity index is 3050. The van der Waals surface area contributed by atoms with E-state index in [4.69, 9.17) is 17.2 Å². The molecule has 0 bridgehead atoms. The molecule has 2 heterocycles. The van der Waals surface area contributed by atoms with Gasteiger partial charge >= 0.3 is 0 Å². The number of nitrogens with two attached hydrogens (primary N) is 3. The number of hydrogen-bond acceptors (Lipinski definition) is 14. The van der Waals surface area contributed by atoms with E-state index in [0.29, 0.717) is 28.7 Å². The third-order valence-electron chi connectivity index (χ3n) is 16.2. The summed E-state index contributed by atoms with van der Waals surface area (Å²) in [4.78, 5) is 149. The van der Waals surface area contributed by atoms with Crippen molar-refractivity contribution in [1.82, 2.24) is 52.8 Å². The highest BCUT2D eigenvalue weighted by atomic mass is 16.3. The minimum atomic E-state index is -1.42. The van der Waals surface area contributed by atoms with Gasteiger partial charge in [0.05, 0.1) is 0 Å². The number of hydrogen-bond donors (Lipinski definition) is 13. The molecule has 16 N–H and O–H groups in total. The van der Waals surface area contributed by atoms with Crippen LogP contribution in [-0.2, 0) is 73.6 Å². The van der Waals surface area contributed by atoms with Crippen LogP contribution in [0.15, 0.2) is 115 Å². The number of phenols is 1. The SMILES string of the molecule is CC(C)C[C@@H]1NC(=O)[C@H](CCCN)NC(=O)[C@H](C(C)C)NC(=O)[C@H](Cc2ccc(O)cc2)NC(=O)[C@H](CCCN)NC(=O)[C@H](CCCN)NC(=O)[C@@H](Cc2ccccc2)NC(=O)[C@H](Cc2ccccc2)NC(=O)[C@@H]2CCCN2C(=O)[C@@H](Cc2ccccc2)NC1=O. The van der Waals surface area contributed by atoms with Gasteiger partial charge in [-0.3, -0.25) is 47.9 Å². The fraction of sp³-hybridized carbons (Fsp3) is 0.493. The Labute approximate surface area is 532 Å². The smallest absolute Gasteiger partial charge is 0.246 e. The number of carbonyl (C=O) groups excluding carboxylic acids is 10. The van der Waals surface area contributed by atoms with Gasteiger partial charge in [0, 0.05) is 32.2 Å². The fourth-order valence-corrected chi connectivity index (χ4v) is 11.2. The van der Waals surface area contributed by atoms with Crippen molar-refractivity contribution in [3.05, 3.63) is 138 Å². The molecule has 6 rings (SSSR count). The first kappa shape index (κ1) is 71.3. The van der Waals surface area contributed by atoms with Crippen LogP contribution < -0.4 is 65.1 Å². The molecule has 2 aliphatic heterocycles. The topological polar surface area (TPSA) is 380 Å². The second-order valence-corrected chi connectivity index (χ2v) is 24.3. The van der Waals surface area contributed by atoms with Crippen molar-refractivity contribution < 1.29 is 53.1 Å². The first-order valence-corrected chi connectivity index (χ1v) is 31.7. The zero-order valence-electron chi connectivity index (χ0n) is 52.6. The van der Waals surface area contributed by atoms with E-state index in [0.717, 1.165) is 0 Å². The largest absolute Gasteiger partial charge is 0.508 e. The van der Waals surface area contributed by atoms with Gasteiger partial charge in [-0.05, 0) is 124 Å². The molecule has 24 nitrogen and oxygen atoms in total. The standard InChI is InChI=1S/C67H93N13O11/c1-41(2)36-51-61(85)78-55(40-45-22-12-7-13-23-45)67(91)80-35-17-27-56(80)65(89)77-53(38-44-20-10-6-11-21-44)63(87)76-52(37-43-18-8-5-9-19-43)62(86)72-48(24-14-32-68)58(82)71-49(25-15-33-69)59(83)75-54(39-46-28-30-47(81)31-29-46)64(88)79-57(42(3)4)66(90)73-50(26-16-34-70)60(84)74-51/h5-13,18-23,28-31,41-42,48-57,81H,14-17,24-27,32-40,68-70H2,1-4H3,(H,71,82)(H,72,86)(H,73,90)(H,74,84)(H,75,83)(H,76,87)(H,77,89)(H,78,85)(H,79,88)/t48-,49-,50-,51-,52+,53-,54-,55+,56-,57-/m0/s1. The molecule has 4 aromatic rings. The van der Waals surface area contributed by atoms with Gasteiger partial charge in [0.15, 0.2) is 0 Å². The lowest BCUT2D eigenvalue weighted by atomic mass is 9.98. The van der Waals surface area contributed by atoms with E-state index >= 15 is 4.79 Å². The molecule has 2 fully saturated rings. The van der Waals surface area contributed by atoms with Crippen LogP contribution in [0.3, 0.4) is 0 Å². The lowest BCUT2D eigenvalue weighted by Gasteiger charge is -2.32. The van der Waals surface area contributed by atoms with Gasteiger partial charge in [-0.1, -0.05) is 131 Å². The van der Waals surface area contributed by atoms with E-state index in [9.17, 15) is 48.3 Å². The van der Waals surface area contributed by atoms with Crippen LogP contribution in [0.1, 0.15) is 108 Å². The van der Waals surface area contributed by atoms with Crippen LogP contribution >= 0.6 is 0 Å². The highest BCUT2D eigenvalue weighted by Crippen LogP contribution is 2.22. The number of aromatic hydroxyl groups is 1. The number of nitrogens with zero attached hydrogens (tertiary/aromatic N) is 1. The van der Waals surface area contributed by atoms with Crippen LogP contribution in [0.25, 0.3) is 0 Å². The summed E-state index contributed by atoms with van der Waals surface area (Å²) in [6, 6.07) is 19.5. The van der Waals surface area contributed by atoms with E-state index in [1.807, 2.05) is 13.8 Å². The minimum Gasteiger partial charge on any atom is -0.508 e. The van der Waals surface area contributed by atoms with Crippen molar-refractivity contribution in [2.45, 2.75) is 172 Å². The Kier molecular flexibility index (Phi) is 28.4. The van der Waals surface area contributed by atoms with Crippen molar-refractivity contribution >= 4 is 59.1 Å². The summed E-state index contributed by atoms with van der Waals surface area (Å²) in [6.45, 7) is 7.50. The van der Waals surface area contributed by atoms with E-state index in [2.05, 4.69) is 47.9 Å². The Morgan fingerprint density at radius 3 is 1.14 bits per heavy atom. The van der Waals surface area contributed by atoms with Crippen LogP contribution in [-0.4, -0.2) is 156 Å². The molecular weight excluding hydrogens is 1160 g/mol. The highest BCUT2D eigenvalue weighted by molar-refractivity contribution is 6.00. The molecule has 0 spiro atoms. The van der Waals surface area contributed by atoms with Crippen molar-refractivity contribution in [2.75, 3.05) is 26.2 Å². The van der Waals surface area contributed by atoms with Crippen LogP contribution in [0.5, 0.6) is 5.75 Å². The van der Waals surface area contributed by atoms with Gasteiger partial charge in [-0.25, -0.2) is 0 Å². The maximum absolute atomic E-state index is 15.1. The second kappa shape index (κ2) is 36.2. The molecule has 24 heteroatoms. The van der Waals surface area contributed by atoms with Crippen molar-refractivity contribution in [3.63, 3.8) is 0 Å². The van der Waals surface area contributed by atoms with Crippen molar-refractivity contribution in [1.29, 1.82) is 0 Å². The predicted molar refractivity (Wildman–Crippen MR) is 344 cm³/mol. The number of amides is 10. The lowest BCUT2D eigenvalue weighted by molar-refractivity contribution is -0.142. The number of phenolic OH excluding ortho intramolecular Hbond substituents is 1. The first-order valence-electron chi connectivity index (χ1n) is 31.7. The van der Waals surface area contributed by atoms with E-state index in [1.165, 1.54) is 17.0 Å². The monoisotopic (exact) mass is 1260 g/mol. The number of nitrogens with one attached hydrogen (secondary N) is 9. The molecule has 0 unspecified atom stereocenters. The molecular formula is C67H93N13O11. The maximum Gasteiger partial charge on any atom is 0.246 e. The van der Waals surface area contributed by atoms with E-state index in [1.54, 1.807) is 117 Å². The van der Waals surface area contributed by atoms with Gasteiger partial charge in [0.1, 0.15) is 66.2 Å². The average Bonchev–Trinajstić information content (AvgIpc) is 2.25. The first-order chi connectivity index (χ1) is 43.7. The summed E-state index contributed by atoms with van der Waals surface area (Å²) in [5.41, 5.74) is 20.4. The quantitative estimate of drug-likeness (QED) is 0.0586. The van der Waals surface area contributed by atoms with Gasteiger partial charge in [0.25, 0.3) is 0 Å². The number of carbonyl (C=O) groups is 10. The molecule has 0 saturated carbocycles. The average molecular weight is 1260 g/mol. The summed E-state index contributed by atoms with van der Waals surface area (Å²) in [5, 5.41) is 35.6.